The van der Waals surface area contributed by atoms with Crippen LogP contribution in [0.1, 0.15) is 44.1 Å². The quantitative estimate of drug-likeness (QED) is 0.486. The molecule has 0 saturated carbocycles. The second kappa shape index (κ2) is 11.5. The van der Waals surface area contributed by atoms with Gasteiger partial charge in [0.1, 0.15) is 5.82 Å². The number of hydrogen-bond acceptors (Lipinski definition) is 3. The Morgan fingerprint density at radius 2 is 2.04 bits per heavy atom. The van der Waals surface area contributed by atoms with Crippen molar-refractivity contribution in [3.63, 3.8) is 0 Å². The third kappa shape index (κ3) is 7.00. The molecule has 0 aliphatic carbocycles. The van der Waals surface area contributed by atoms with E-state index in [0.717, 1.165) is 44.4 Å². The summed E-state index contributed by atoms with van der Waals surface area (Å²) < 4.78 is 7.96. The first-order chi connectivity index (χ1) is 13.5. The molecular formula is C22H35N5O. The van der Waals surface area contributed by atoms with Crippen LogP contribution in [0, 0.1) is 12.8 Å². The van der Waals surface area contributed by atoms with Gasteiger partial charge >= 0.3 is 0 Å². The van der Waals surface area contributed by atoms with Crippen molar-refractivity contribution >= 4 is 5.96 Å². The highest BCUT2D eigenvalue weighted by Crippen LogP contribution is 2.10. The van der Waals surface area contributed by atoms with Gasteiger partial charge in [-0.15, -0.1) is 0 Å². The summed E-state index contributed by atoms with van der Waals surface area (Å²) >= 11 is 0. The van der Waals surface area contributed by atoms with E-state index < -0.39 is 0 Å². The molecule has 0 bridgehead atoms. The van der Waals surface area contributed by atoms with E-state index in [1.165, 1.54) is 11.1 Å². The number of nitrogens with one attached hydrogen (secondary N) is 2. The molecule has 1 atom stereocenters. The minimum atomic E-state index is 0.277. The maximum Gasteiger partial charge on any atom is 0.191 e. The zero-order valence-electron chi connectivity index (χ0n) is 17.9. The third-order valence-corrected chi connectivity index (χ3v) is 4.80. The van der Waals surface area contributed by atoms with Crippen molar-refractivity contribution in [1.29, 1.82) is 0 Å². The molecule has 0 aliphatic rings. The third-order valence-electron chi connectivity index (χ3n) is 4.80. The Morgan fingerprint density at radius 3 is 2.68 bits per heavy atom. The van der Waals surface area contributed by atoms with Crippen LogP contribution in [-0.4, -0.2) is 41.8 Å². The molecule has 2 N–H and O–H groups in total. The number of aryl methyl sites for hydroxylation is 1. The summed E-state index contributed by atoms with van der Waals surface area (Å²) in [4.78, 5) is 8.61. The van der Waals surface area contributed by atoms with Crippen molar-refractivity contribution in [3.8, 4) is 0 Å². The molecule has 0 saturated heterocycles. The molecule has 0 aliphatic heterocycles. The second-order valence-corrected chi connectivity index (χ2v) is 7.30. The van der Waals surface area contributed by atoms with Gasteiger partial charge < -0.3 is 19.9 Å². The van der Waals surface area contributed by atoms with Crippen LogP contribution in [0.25, 0.3) is 0 Å². The zero-order chi connectivity index (χ0) is 20.4. The topological polar surface area (TPSA) is 63.5 Å². The molecule has 2 aromatic rings. The molecule has 2 rings (SSSR count). The largest absolute Gasteiger partial charge is 0.378 e. The number of aromatic nitrogens is 2. The number of aliphatic imine (C=N–C) groups is 1. The predicted octanol–water partition coefficient (Wildman–Crippen LogP) is 3.36. The van der Waals surface area contributed by atoms with Gasteiger partial charge in [-0.25, -0.2) is 4.98 Å². The zero-order valence-corrected chi connectivity index (χ0v) is 17.9. The predicted molar refractivity (Wildman–Crippen MR) is 116 cm³/mol. The van der Waals surface area contributed by atoms with E-state index in [1.54, 1.807) is 7.05 Å². The fourth-order valence-electron chi connectivity index (χ4n) is 3.17. The average Bonchev–Trinajstić information content (AvgIpc) is 3.08. The van der Waals surface area contributed by atoms with E-state index in [9.17, 15) is 0 Å². The van der Waals surface area contributed by atoms with Crippen LogP contribution in [0.5, 0.6) is 0 Å². The first-order valence-corrected chi connectivity index (χ1v) is 10.1. The van der Waals surface area contributed by atoms with E-state index >= 15 is 0 Å². The average molecular weight is 386 g/mol. The standard InChI is InChI=1S/C22H35N5O/c1-6-28-21(17(2)3)10-11-25-22(23-5)26-15-19-8-7-9-20(14-19)16-27-13-12-24-18(27)4/h7-9,12-14,17,21H,6,10-11,15-16H2,1-5H3,(H2,23,25,26). The number of ether oxygens (including phenoxy) is 1. The smallest absolute Gasteiger partial charge is 0.191 e. The summed E-state index contributed by atoms with van der Waals surface area (Å²) in [6.45, 7) is 11.6. The molecule has 1 unspecified atom stereocenters. The Kier molecular flexibility index (Phi) is 9.01. The molecule has 0 fully saturated rings. The Morgan fingerprint density at radius 1 is 1.25 bits per heavy atom. The molecule has 28 heavy (non-hydrogen) atoms. The lowest BCUT2D eigenvalue weighted by molar-refractivity contribution is 0.0258. The van der Waals surface area contributed by atoms with Crippen LogP contribution < -0.4 is 10.6 Å². The summed E-state index contributed by atoms with van der Waals surface area (Å²) in [5, 5.41) is 6.79. The molecule has 0 spiro atoms. The lowest BCUT2D eigenvalue weighted by Crippen LogP contribution is -2.38. The van der Waals surface area contributed by atoms with Gasteiger partial charge in [0, 0.05) is 45.7 Å². The monoisotopic (exact) mass is 385 g/mol. The van der Waals surface area contributed by atoms with Crippen LogP contribution >= 0.6 is 0 Å². The number of imidazole rings is 1. The lowest BCUT2D eigenvalue weighted by Gasteiger charge is -2.21. The van der Waals surface area contributed by atoms with E-state index in [2.05, 4.69) is 63.3 Å². The first-order valence-electron chi connectivity index (χ1n) is 10.1. The summed E-state index contributed by atoms with van der Waals surface area (Å²) in [5.74, 6) is 2.35. The van der Waals surface area contributed by atoms with Crippen molar-refractivity contribution in [2.75, 3.05) is 20.2 Å². The Balaban J connectivity index is 1.83. The molecule has 1 aromatic heterocycles. The molecular weight excluding hydrogens is 350 g/mol. The fourth-order valence-corrected chi connectivity index (χ4v) is 3.17. The van der Waals surface area contributed by atoms with Gasteiger partial charge in [0.15, 0.2) is 5.96 Å². The van der Waals surface area contributed by atoms with E-state index in [0.29, 0.717) is 5.92 Å². The highest BCUT2D eigenvalue weighted by Gasteiger charge is 2.13. The van der Waals surface area contributed by atoms with Crippen LogP contribution in [0.2, 0.25) is 0 Å². The van der Waals surface area contributed by atoms with Crippen LogP contribution in [0.15, 0.2) is 41.7 Å². The molecule has 0 radical (unpaired) electrons. The van der Waals surface area contributed by atoms with E-state index in [-0.39, 0.29) is 6.10 Å². The van der Waals surface area contributed by atoms with Gasteiger partial charge in [0.25, 0.3) is 0 Å². The minimum absolute atomic E-state index is 0.277. The molecule has 1 heterocycles. The minimum Gasteiger partial charge on any atom is -0.378 e. The SMILES string of the molecule is CCOC(CCNC(=NC)NCc1cccc(Cn2ccnc2C)c1)C(C)C. The lowest BCUT2D eigenvalue weighted by atomic mass is 10.0. The van der Waals surface area contributed by atoms with E-state index in [4.69, 9.17) is 4.74 Å². The number of guanidine groups is 1. The maximum atomic E-state index is 5.81. The van der Waals surface area contributed by atoms with E-state index in [1.807, 2.05) is 26.2 Å². The number of hydrogen-bond donors (Lipinski definition) is 2. The molecule has 154 valence electrons. The maximum absolute atomic E-state index is 5.81. The van der Waals surface area contributed by atoms with Gasteiger partial charge in [-0.3, -0.25) is 4.99 Å². The number of rotatable bonds is 10. The highest BCUT2D eigenvalue weighted by molar-refractivity contribution is 5.79. The van der Waals surface area contributed by atoms with Gasteiger partial charge in [0.05, 0.1) is 6.10 Å². The normalized spacial score (nSPS) is 13.0. The summed E-state index contributed by atoms with van der Waals surface area (Å²) in [6.07, 6.45) is 5.09. The Bertz CT molecular complexity index is 738. The first kappa shape index (κ1) is 22.0. The number of nitrogens with zero attached hydrogens (tertiary/aromatic N) is 3. The van der Waals surface area contributed by atoms with Crippen molar-refractivity contribution in [2.45, 2.75) is 53.3 Å². The van der Waals surface area contributed by atoms with Crippen LogP contribution in [-0.2, 0) is 17.8 Å². The van der Waals surface area contributed by atoms with Gasteiger partial charge in [-0.2, -0.15) is 0 Å². The van der Waals surface area contributed by atoms with Crippen LogP contribution in [0.4, 0.5) is 0 Å². The van der Waals surface area contributed by atoms with Crippen molar-refractivity contribution in [2.24, 2.45) is 10.9 Å². The van der Waals surface area contributed by atoms with Gasteiger partial charge in [-0.1, -0.05) is 38.1 Å². The van der Waals surface area contributed by atoms with Crippen molar-refractivity contribution in [3.05, 3.63) is 53.6 Å². The number of benzene rings is 1. The second-order valence-electron chi connectivity index (χ2n) is 7.30. The molecule has 0 amide bonds. The van der Waals surface area contributed by atoms with Gasteiger partial charge in [0.2, 0.25) is 0 Å². The van der Waals surface area contributed by atoms with Crippen molar-refractivity contribution in [1.82, 2.24) is 20.2 Å². The summed E-state index contributed by atoms with van der Waals surface area (Å²) in [6, 6.07) is 8.61. The Labute approximate surface area is 169 Å². The fraction of sp³-hybridized carbons (Fsp3) is 0.545. The highest BCUT2D eigenvalue weighted by atomic mass is 16.5. The van der Waals surface area contributed by atoms with Gasteiger partial charge in [-0.05, 0) is 37.3 Å². The van der Waals surface area contributed by atoms with Crippen LogP contribution in [0.3, 0.4) is 0 Å². The Hall–Kier alpha value is -2.34. The van der Waals surface area contributed by atoms with Crippen molar-refractivity contribution < 1.29 is 4.74 Å². The molecule has 6 heteroatoms. The molecule has 6 nitrogen and oxygen atoms in total. The summed E-state index contributed by atoms with van der Waals surface area (Å²) in [7, 11) is 1.80. The summed E-state index contributed by atoms with van der Waals surface area (Å²) in [5.41, 5.74) is 2.49. The molecule has 1 aromatic carbocycles.